The third-order valence-electron chi connectivity index (χ3n) is 4.91. The molecule has 1 amide bonds. The van der Waals surface area contributed by atoms with E-state index in [-0.39, 0.29) is 18.0 Å². The van der Waals surface area contributed by atoms with Gasteiger partial charge in [-0.3, -0.25) is 4.79 Å². The fourth-order valence-electron chi connectivity index (χ4n) is 3.27. The fourth-order valence-corrected chi connectivity index (χ4v) is 4.17. The van der Waals surface area contributed by atoms with Crippen molar-refractivity contribution in [1.82, 2.24) is 5.32 Å². The van der Waals surface area contributed by atoms with Gasteiger partial charge in [0.15, 0.2) is 11.3 Å². The molecular weight excluding hydrogens is 366 g/mol. The van der Waals surface area contributed by atoms with Gasteiger partial charge in [-0.15, -0.1) is 11.3 Å². The predicted octanol–water partition coefficient (Wildman–Crippen LogP) is 2.89. The van der Waals surface area contributed by atoms with Crippen LogP contribution in [0.4, 0.5) is 0 Å². The Morgan fingerprint density at radius 3 is 2.85 bits per heavy atom. The lowest BCUT2D eigenvalue weighted by atomic mass is 9.95. The quantitative estimate of drug-likeness (QED) is 0.637. The second kappa shape index (κ2) is 6.83. The van der Waals surface area contributed by atoms with Crippen LogP contribution < -0.4 is 15.7 Å². The highest BCUT2D eigenvalue weighted by Gasteiger charge is 2.46. The van der Waals surface area contributed by atoms with Gasteiger partial charge in [0, 0.05) is 10.3 Å². The fraction of sp³-hybridized carbons (Fsp3) is 0.300. The standard InChI is InChI=1S/C20H19NO5S/c1-25-15-5-2-4-12-10-14(19(23)26-17(12)15)18(22)21-11-20(24,13-7-8-13)16-6-3-9-27-16/h2-6,9-10,13,24H,7-8,11H2,1H3,(H,21,22)/t20-/m1/s1. The van der Waals surface area contributed by atoms with Crippen LogP contribution in [0.1, 0.15) is 28.1 Å². The van der Waals surface area contributed by atoms with Crippen molar-refractivity contribution in [2.24, 2.45) is 5.92 Å². The van der Waals surface area contributed by atoms with Gasteiger partial charge in [0.1, 0.15) is 11.2 Å². The first-order valence-electron chi connectivity index (χ1n) is 8.68. The number of para-hydroxylation sites is 1. The lowest BCUT2D eigenvalue weighted by molar-refractivity contribution is 0.0169. The van der Waals surface area contributed by atoms with E-state index < -0.39 is 17.1 Å². The zero-order valence-electron chi connectivity index (χ0n) is 14.7. The van der Waals surface area contributed by atoms with Gasteiger partial charge in [-0.2, -0.15) is 0 Å². The van der Waals surface area contributed by atoms with Crippen LogP contribution in [0.5, 0.6) is 5.75 Å². The summed E-state index contributed by atoms with van der Waals surface area (Å²) in [5, 5.41) is 16.3. The lowest BCUT2D eigenvalue weighted by Crippen LogP contribution is -2.42. The number of carbonyl (C=O) groups is 1. The molecule has 1 aliphatic carbocycles. The average Bonchev–Trinajstić information content (AvgIpc) is 3.39. The van der Waals surface area contributed by atoms with Gasteiger partial charge in [0.25, 0.3) is 5.91 Å². The maximum absolute atomic E-state index is 12.6. The van der Waals surface area contributed by atoms with Crippen molar-refractivity contribution >= 4 is 28.2 Å². The molecule has 0 saturated heterocycles. The molecule has 2 heterocycles. The van der Waals surface area contributed by atoms with Gasteiger partial charge in [-0.1, -0.05) is 18.2 Å². The van der Waals surface area contributed by atoms with Gasteiger partial charge in [-0.05, 0) is 42.3 Å². The van der Waals surface area contributed by atoms with Crippen molar-refractivity contribution in [3.63, 3.8) is 0 Å². The number of hydrogen-bond acceptors (Lipinski definition) is 6. The van der Waals surface area contributed by atoms with Gasteiger partial charge in [0.05, 0.1) is 13.7 Å². The molecular formula is C20H19NO5S. The summed E-state index contributed by atoms with van der Waals surface area (Å²) in [7, 11) is 1.48. The van der Waals surface area contributed by atoms with E-state index in [0.717, 1.165) is 17.7 Å². The molecule has 0 spiro atoms. The Hall–Kier alpha value is -2.64. The first kappa shape index (κ1) is 17.8. The number of hydrogen-bond donors (Lipinski definition) is 2. The van der Waals surface area contributed by atoms with Crippen LogP contribution in [0, 0.1) is 5.92 Å². The first-order valence-corrected chi connectivity index (χ1v) is 9.56. The summed E-state index contributed by atoms with van der Waals surface area (Å²) in [6.07, 6.45) is 1.84. The Labute approximate surface area is 159 Å². The van der Waals surface area contributed by atoms with E-state index in [0.29, 0.717) is 16.7 Å². The van der Waals surface area contributed by atoms with E-state index in [2.05, 4.69) is 5.32 Å². The molecule has 140 valence electrons. The molecule has 1 aromatic carbocycles. The number of methoxy groups -OCH3 is 1. The highest BCUT2D eigenvalue weighted by molar-refractivity contribution is 7.10. The first-order chi connectivity index (χ1) is 13.0. The number of benzene rings is 1. The number of ether oxygens (including phenoxy) is 1. The molecule has 2 aromatic heterocycles. The Kier molecular flexibility index (Phi) is 4.49. The van der Waals surface area contributed by atoms with E-state index in [1.807, 2.05) is 17.5 Å². The summed E-state index contributed by atoms with van der Waals surface area (Å²) >= 11 is 1.46. The monoisotopic (exact) mass is 385 g/mol. The minimum Gasteiger partial charge on any atom is -0.493 e. The van der Waals surface area contributed by atoms with Crippen molar-refractivity contribution in [3.05, 3.63) is 62.6 Å². The molecule has 1 saturated carbocycles. The van der Waals surface area contributed by atoms with Crippen LogP contribution in [0.15, 0.2) is 51.0 Å². The van der Waals surface area contributed by atoms with Crippen molar-refractivity contribution in [2.75, 3.05) is 13.7 Å². The number of nitrogens with one attached hydrogen (secondary N) is 1. The number of amides is 1. The number of aliphatic hydroxyl groups is 1. The molecule has 0 bridgehead atoms. The van der Waals surface area contributed by atoms with Crippen LogP contribution in [0.2, 0.25) is 0 Å². The van der Waals surface area contributed by atoms with Crippen LogP contribution >= 0.6 is 11.3 Å². The third kappa shape index (κ3) is 3.24. The maximum atomic E-state index is 12.6. The van der Waals surface area contributed by atoms with E-state index in [4.69, 9.17) is 9.15 Å². The molecule has 0 unspecified atom stereocenters. The molecule has 3 aromatic rings. The molecule has 4 rings (SSSR count). The SMILES string of the molecule is COc1cccc2cc(C(=O)NC[C@](O)(c3cccs3)C3CC3)c(=O)oc12. The van der Waals surface area contributed by atoms with Gasteiger partial charge in [0.2, 0.25) is 0 Å². The third-order valence-corrected chi connectivity index (χ3v) is 5.94. The van der Waals surface area contributed by atoms with Gasteiger partial charge >= 0.3 is 5.63 Å². The second-order valence-corrected chi connectivity index (χ2v) is 7.63. The number of thiophene rings is 1. The zero-order chi connectivity index (χ0) is 19.0. The smallest absolute Gasteiger partial charge is 0.349 e. The van der Waals surface area contributed by atoms with Crippen molar-refractivity contribution < 1.29 is 19.1 Å². The largest absolute Gasteiger partial charge is 0.493 e. The lowest BCUT2D eigenvalue weighted by Gasteiger charge is -2.27. The Bertz CT molecular complexity index is 1040. The normalized spacial score (nSPS) is 16.1. The number of carbonyl (C=O) groups excluding carboxylic acids is 1. The molecule has 27 heavy (non-hydrogen) atoms. The number of fused-ring (bicyclic) bond motifs is 1. The summed E-state index contributed by atoms with van der Waals surface area (Å²) in [6, 6.07) is 10.4. The maximum Gasteiger partial charge on any atom is 0.349 e. The van der Waals surface area contributed by atoms with E-state index in [9.17, 15) is 14.7 Å². The van der Waals surface area contributed by atoms with E-state index in [1.54, 1.807) is 18.2 Å². The van der Waals surface area contributed by atoms with Crippen molar-refractivity contribution in [2.45, 2.75) is 18.4 Å². The minimum absolute atomic E-state index is 0.0482. The summed E-state index contributed by atoms with van der Waals surface area (Å²) in [5.74, 6) is -0.0183. The molecule has 2 N–H and O–H groups in total. The minimum atomic E-state index is -1.11. The van der Waals surface area contributed by atoms with Crippen LogP contribution in [0.3, 0.4) is 0 Å². The van der Waals surface area contributed by atoms with E-state index in [1.165, 1.54) is 24.5 Å². The van der Waals surface area contributed by atoms with Gasteiger partial charge in [-0.25, -0.2) is 4.79 Å². The average molecular weight is 385 g/mol. The topological polar surface area (TPSA) is 88.8 Å². The summed E-state index contributed by atoms with van der Waals surface area (Å²) in [5.41, 5.74) is -1.64. The van der Waals surface area contributed by atoms with Crippen molar-refractivity contribution in [1.29, 1.82) is 0 Å². The van der Waals surface area contributed by atoms with Crippen LogP contribution in [-0.4, -0.2) is 24.7 Å². The van der Waals surface area contributed by atoms with Crippen molar-refractivity contribution in [3.8, 4) is 5.75 Å². The molecule has 0 aliphatic heterocycles. The Morgan fingerprint density at radius 2 is 2.19 bits per heavy atom. The van der Waals surface area contributed by atoms with E-state index >= 15 is 0 Å². The Morgan fingerprint density at radius 1 is 1.37 bits per heavy atom. The highest BCUT2D eigenvalue weighted by atomic mass is 32.1. The zero-order valence-corrected chi connectivity index (χ0v) is 15.5. The molecule has 0 radical (unpaired) electrons. The Balaban J connectivity index is 1.60. The molecule has 6 nitrogen and oxygen atoms in total. The second-order valence-electron chi connectivity index (χ2n) is 6.68. The van der Waals surface area contributed by atoms with Crippen LogP contribution in [0.25, 0.3) is 11.0 Å². The summed E-state index contributed by atoms with van der Waals surface area (Å²) in [4.78, 5) is 25.7. The molecule has 1 aliphatic rings. The molecule has 1 fully saturated rings. The molecule has 7 heteroatoms. The highest BCUT2D eigenvalue weighted by Crippen LogP contribution is 2.46. The van der Waals surface area contributed by atoms with Gasteiger partial charge < -0.3 is 19.6 Å². The predicted molar refractivity (Wildman–Crippen MR) is 102 cm³/mol. The number of rotatable bonds is 6. The summed E-state index contributed by atoms with van der Waals surface area (Å²) < 4.78 is 10.5. The molecule has 1 atom stereocenters. The summed E-state index contributed by atoms with van der Waals surface area (Å²) in [6.45, 7) is 0.0482. The van der Waals surface area contributed by atoms with Crippen LogP contribution in [-0.2, 0) is 5.60 Å².